The van der Waals surface area contributed by atoms with Crippen LogP contribution in [-0.4, -0.2) is 68.7 Å². The molecule has 2 aliphatic rings. The van der Waals surface area contributed by atoms with Gasteiger partial charge in [-0.3, -0.25) is 14.5 Å². The molecule has 0 aromatic heterocycles. The van der Waals surface area contributed by atoms with E-state index in [1.54, 1.807) is 0 Å². The van der Waals surface area contributed by atoms with Crippen LogP contribution in [0.15, 0.2) is 18.2 Å². The second-order valence-corrected chi connectivity index (χ2v) is 8.99. The van der Waals surface area contributed by atoms with Crippen LogP contribution >= 0.6 is 0 Å². The first kappa shape index (κ1) is 21.6. The molecule has 2 aliphatic heterocycles. The fraction of sp³-hybridized carbons (Fsp3) is 0.636. The van der Waals surface area contributed by atoms with Crippen molar-refractivity contribution in [3.8, 4) is 0 Å². The Morgan fingerprint density at radius 3 is 2.55 bits per heavy atom. The van der Waals surface area contributed by atoms with Crippen LogP contribution in [0.5, 0.6) is 0 Å². The molecule has 0 saturated carbocycles. The maximum absolute atomic E-state index is 12.3. The summed E-state index contributed by atoms with van der Waals surface area (Å²) in [5.41, 5.74) is 3.38. The molecule has 1 saturated heterocycles. The van der Waals surface area contributed by atoms with E-state index in [4.69, 9.17) is 4.74 Å². The molecule has 3 rings (SSSR count). The van der Waals surface area contributed by atoms with Crippen molar-refractivity contribution in [2.75, 3.05) is 51.3 Å². The predicted octanol–water partition coefficient (Wildman–Crippen LogP) is 1.47. The zero-order chi connectivity index (χ0) is 21.0. The summed E-state index contributed by atoms with van der Waals surface area (Å²) in [4.78, 5) is 29.1. The Morgan fingerprint density at radius 2 is 1.86 bits per heavy atom. The van der Waals surface area contributed by atoms with Crippen molar-refractivity contribution in [1.82, 2.24) is 15.5 Å². The van der Waals surface area contributed by atoms with Crippen LogP contribution in [0.1, 0.15) is 44.4 Å². The topological polar surface area (TPSA) is 73.9 Å². The maximum Gasteiger partial charge on any atom is 0.309 e. The molecule has 7 heteroatoms. The number of aryl methyl sites for hydroxylation is 1. The third-order valence-electron chi connectivity index (χ3n) is 5.48. The largest absolute Gasteiger partial charge is 0.379 e. The van der Waals surface area contributed by atoms with Crippen LogP contribution in [0, 0.1) is 0 Å². The Labute approximate surface area is 173 Å². The highest BCUT2D eigenvalue weighted by atomic mass is 16.5. The molecular weight excluding hydrogens is 368 g/mol. The first-order valence-corrected chi connectivity index (χ1v) is 10.5. The van der Waals surface area contributed by atoms with E-state index < -0.39 is 17.4 Å². The molecule has 0 spiro atoms. The maximum atomic E-state index is 12.3. The summed E-state index contributed by atoms with van der Waals surface area (Å²) in [6.07, 6.45) is 2.22. The minimum atomic E-state index is -0.592. The monoisotopic (exact) mass is 402 g/mol. The van der Waals surface area contributed by atoms with Gasteiger partial charge in [-0.1, -0.05) is 12.1 Å². The lowest BCUT2D eigenvalue weighted by Gasteiger charge is -2.36. The Kier molecular flexibility index (Phi) is 6.80. The van der Waals surface area contributed by atoms with Gasteiger partial charge < -0.3 is 20.3 Å². The minimum Gasteiger partial charge on any atom is -0.379 e. The number of fused-ring (bicyclic) bond motifs is 1. The summed E-state index contributed by atoms with van der Waals surface area (Å²) < 4.78 is 5.51. The van der Waals surface area contributed by atoms with Crippen LogP contribution < -0.4 is 15.5 Å². The fourth-order valence-electron chi connectivity index (χ4n) is 4.03. The van der Waals surface area contributed by atoms with Crippen LogP contribution in [0.3, 0.4) is 0 Å². The average Bonchev–Trinajstić information content (AvgIpc) is 2.67. The van der Waals surface area contributed by atoms with E-state index in [1.807, 2.05) is 20.8 Å². The molecule has 2 heterocycles. The van der Waals surface area contributed by atoms with E-state index in [1.165, 1.54) is 16.8 Å². The van der Waals surface area contributed by atoms with Crippen LogP contribution in [-0.2, 0) is 20.7 Å². The highest BCUT2D eigenvalue weighted by molar-refractivity contribution is 6.35. The summed E-state index contributed by atoms with van der Waals surface area (Å²) in [7, 11) is 2.13. The number of carbonyl (C=O) groups is 2. The van der Waals surface area contributed by atoms with Gasteiger partial charge in [0.05, 0.1) is 19.3 Å². The molecule has 7 nitrogen and oxygen atoms in total. The van der Waals surface area contributed by atoms with Crippen LogP contribution in [0.4, 0.5) is 5.69 Å². The zero-order valence-electron chi connectivity index (χ0n) is 18.1. The minimum absolute atomic E-state index is 0.0165. The molecule has 160 valence electrons. The molecule has 29 heavy (non-hydrogen) atoms. The lowest BCUT2D eigenvalue weighted by Crippen LogP contribution is -2.50. The molecule has 2 N–H and O–H groups in total. The number of amides is 2. The molecule has 1 aromatic rings. The summed E-state index contributed by atoms with van der Waals surface area (Å²) in [6, 6.07) is 6.63. The lowest BCUT2D eigenvalue weighted by atomic mass is 9.95. The average molecular weight is 403 g/mol. The van der Waals surface area contributed by atoms with Gasteiger partial charge in [0.25, 0.3) is 0 Å². The van der Waals surface area contributed by atoms with Gasteiger partial charge in [-0.25, -0.2) is 0 Å². The molecule has 2 amide bonds. The number of hydrogen-bond donors (Lipinski definition) is 2. The first-order valence-electron chi connectivity index (χ1n) is 10.5. The standard InChI is InChI=1S/C22H34N4O3/c1-22(2,3)24-21(28)20(27)23-15-19(26-10-12-29-13-11-26)17-7-8-18-16(14-17)6-5-9-25(18)4/h7-8,14,19H,5-6,9-13,15H2,1-4H3,(H,23,27)(H,24,28)/t19-/m1/s1. The van der Waals surface area contributed by atoms with E-state index in [0.29, 0.717) is 19.8 Å². The summed E-state index contributed by atoms with van der Waals surface area (Å²) in [5, 5.41) is 5.56. The molecule has 1 fully saturated rings. The predicted molar refractivity (Wildman–Crippen MR) is 114 cm³/mol. The molecule has 0 radical (unpaired) electrons. The second-order valence-electron chi connectivity index (χ2n) is 8.99. The van der Waals surface area contributed by atoms with E-state index in [9.17, 15) is 9.59 Å². The third-order valence-corrected chi connectivity index (χ3v) is 5.48. The smallest absolute Gasteiger partial charge is 0.309 e. The van der Waals surface area contributed by atoms with E-state index in [0.717, 1.165) is 32.5 Å². The highest BCUT2D eigenvalue weighted by Gasteiger charge is 2.27. The first-order chi connectivity index (χ1) is 13.7. The van der Waals surface area contributed by atoms with Gasteiger partial charge in [-0.15, -0.1) is 0 Å². The van der Waals surface area contributed by atoms with Crippen molar-refractivity contribution in [1.29, 1.82) is 0 Å². The number of nitrogens with one attached hydrogen (secondary N) is 2. The quantitative estimate of drug-likeness (QED) is 0.747. The van der Waals surface area contributed by atoms with E-state index in [2.05, 4.69) is 45.7 Å². The van der Waals surface area contributed by atoms with Gasteiger partial charge in [-0.05, 0) is 50.8 Å². The second kappa shape index (κ2) is 9.13. The van der Waals surface area contributed by atoms with Gasteiger partial charge in [0.2, 0.25) is 0 Å². The number of morpholine rings is 1. The van der Waals surface area contributed by atoms with Gasteiger partial charge in [0, 0.05) is 44.5 Å². The van der Waals surface area contributed by atoms with E-state index >= 15 is 0 Å². The van der Waals surface area contributed by atoms with Gasteiger partial charge in [-0.2, -0.15) is 0 Å². The van der Waals surface area contributed by atoms with Crippen LogP contribution in [0.2, 0.25) is 0 Å². The number of ether oxygens (including phenoxy) is 1. The number of nitrogens with zero attached hydrogens (tertiary/aromatic N) is 2. The van der Waals surface area contributed by atoms with Crippen LogP contribution in [0.25, 0.3) is 0 Å². The van der Waals surface area contributed by atoms with Crippen molar-refractivity contribution in [2.24, 2.45) is 0 Å². The summed E-state index contributed by atoms with van der Waals surface area (Å²) in [5.74, 6) is -1.18. The molecular formula is C22H34N4O3. The summed E-state index contributed by atoms with van der Waals surface area (Å²) >= 11 is 0. The number of hydrogen-bond acceptors (Lipinski definition) is 5. The Hall–Kier alpha value is -2.12. The molecule has 1 atom stereocenters. The summed E-state index contributed by atoms with van der Waals surface area (Å²) in [6.45, 7) is 10.0. The molecule has 1 aromatic carbocycles. The van der Waals surface area contributed by atoms with Crippen molar-refractivity contribution < 1.29 is 14.3 Å². The Morgan fingerprint density at radius 1 is 1.14 bits per heavy atom. The lowest BCUT2D eigenvalue weighted by molar-refractivity contribution is -0.140. The van der Waals surface area contributed by atoms with E-state index in [-0.39, 0.29) is 6.04 Å². The normalized spacial score (nSPS) is 18.7. The van der Waals surface area contributed by atoms with Gasteiger partial charge >= 0.3 is 11.8 Å². The zero-order valence-corrected chi connectivity index (χ0v) is 18.1. The highest BCUT2D eigenvalue weighted by Crippen LogP contribution is 2.30. The number of carbonyl (C=O) groups excluding carboxylic acids is 2. The molecule has 0 bridgehead atoms. The molecule has 0 unspecified atom stereocenters. The van der Waals surface area contributed by atoms with Gasteiger partial charge in [0.15, 0.2) is 0 Å². The van der Waals surface area contributed by atoms with Crippen molar-refractivity contribution in [2.45, 2.75) is 45.2 Å². The SMILES string of the molecule is CN1CCCc2cc([C@@H](CNC(=O)C(=O)NC(C)(C)C)N3CCOCC3)ccc21. The Balaban J connectivity index is 1.75. The molecule has 0 aliphatic carbocycles. The van der Waals surface area contributed by atoms with Crippen molar-refractivity contribution >= 4 is 17.5 Å². The Bertz CT molecular complexity index is 738. The fourth-order valence-corrected chi connectivity index (χ4v) is 4.03. The third kappa shape index (κ3) is 5.70. The van der Waals surface area contributed by atoms with Crippen molar-refractivity contribution in [3.05, 3.63) is 29.3 Å². The number of anilines is 1. The number of benzene rings is 1. The van der Waals surface area contributed by atoms with Gasteiger partial charge in [0.1, 0.15) is 0 Å². The van der Waals surface area contributed by atoms with Crippen molar-refractivity contribution in [3.63, 3.8) is 0 Å². The number of rotatable bonds is 4.